The van der Waals surface area contributed by atoms with Crippen LogP contribution in [0.1, 0.15) is 24.8 Å². The van der Waals surface area contributed by atoms with Gasteiger partial charge in [0.1, 0.15) is 5.82 Å². The van der Waals surface area contributed by atoms with Gasteiger partial charge in [-0.2, -0.15) is 0 Å². The summed E-state index contributed by atoms with van der Waals surface area (Å²) in [6.45, 7) is 1.81. The number of aliphatic hydroxyl groups is 1. The molecule has 0 spiro atoms. The van der Waals surface area contributed by atoms with Crippen molar-refractivity contribution in [2.75, 3.05) is 5.32 Å². The van der Waals surface area contributed by atoms with Gasteiger partial charge < -0.3 is 10.4 Å². The molecular weight excluding hydrogens is 221 g/mol. The topological polar surface area (TPSA) is 49.3 Å². The molecule has 0 heterocycles. The first-order valence-electron chi connectivity index (χ1n) is 5.83. The minimum atomic E-state index is -0.566. The SMILES string of the molecule is Cc1ccc(F)cc1NC(=O)C1CCCC1O. The van der Waals surface area contributed by atoms with Crippen LogP contribution in [0.4, 0.5) is 10.1 Å². The molecule has 17 heavy (non-hydrogen) atoms. The van der Waals surface area contributed by atoms with Crippen molar-refractivity contribution in [2.45, 2.75) is 32.3 Å². The monoisotopic (exact) mass is 237 g/mol. The normalized spacial score (nSPS) is 23.7. The summed E-state index contributed by atoms with van der Waals surface area (Å²) >= 11 is 0. The molecule has 0 radical (unpaired) electrons. The minimum absolute atomic E-state index is 0.219. The molecule has 0 bridgehead atoms. The van der Waals surface area contributed by atoms with Crippen LogP contribution in [0, 0.1) is 18.7 Å². The van der Waals surface area contributed by atoms with Crippen molar-refractivity contribution < 1.29 is 14.3 Å². The molecule has 3 nitrogen and oxygen atoms in total. The average Bonchev–Trinajstić information content (AvgIpc) is 2.70. The molecule has 1 aromatic carbocycles. The second-order valence-electron chi connectivity index (χ2n) is 4.55. The van der Waals surface area contributed by atoms with E-state index in [2.05, 4.69) is 5.32 Å². The Bertz CT molecular complexity index is 433. The number of carbonyl (C=O) groups excluding carboxylic acids is 1. The molecule has 2 atom stereocenters. The van der Waals surface area contributed by atoms with E-state index in [0.29, 0.717) is 18.5 Å². The molecule has 0 aromatic heterocycles. The van der Waals surface area contributed by atoms with Gasteiger partial charge in [-0.3, -0.25) is 4.79 Å². The Hall–Kier alpha value is -1.42. The second kappa shape index (κ2) is 4.84. The highest BCUT2D eigenvalue weighted by atomic mass is 19.1. The number of anilines is 1. The van der Waals surface area contributed by atoms with Gasteiger partial charge in [0.2, 0.25) is 5.91 Å². The summed E-state index contributed by atoms with van der Waals surface area (Å²) < 4.78 is 13.1. The van der Waals surface area contributed by atoms with Crippen molar-refractivity contribution in [2.24, 2.45) is 5.92 Å². The number of carbonyl (C=O) groups is 1. The molecule has 1 aromatic rings. The molecule has 1 aliphatic carbocycles. The number of hydrogen-bond donors (Lipinski definition) is 2. The zero-order valence-corrected chi connectivity index (χ0v) is 9.74. The fourth-order valence-electron chi connectivity index (χ4n) is 2.20. The summed E-state index contributed by atoms with van der Waals surface area (Å²) in [5.41, 5.74) is 1.29. The number of amides is 1. The van der Waals surface area contributed by atoms with Gasteiger partial charge >= 0.3 is 0 Å². The van der Waals surface area contributed by atoms with Crippen molar-refractivity contribution >= 4 is 11.6 Å². The molecule has 1 fully saturated rings. The van der Waals surface area contributed by atoms with E-state index in [4.69, 9.17) is 0 Å². The number of rotatable bonds is 2. The Balaban J connectivity index is 2.10. The van der Waals surface area contributed by atoms with Crippen molar-refractivity contribution in [3.05, 3.63) is 29.6 Å². The van der Waals surface area contributed by atoms with Crippen LogP contribution in [-0.4, -0.2) is 17.1 Å². The number of hydrogen-bond acceptors (Lipinski definition) is 2. The van der Waals surface area contributed by atoms with E-state index in [1.807, 2.05) is 0 Å². The fraction of sp³-hybridized carbons (Fsp3) is 0.462. The standard InChI is InChI=1S/C13H16FNO2/c1-8-5-6-9(14)7-11(8)15-13(17)10-3-2-4-12(10)16/h5-7,10,12,16H,2-4H2,1H3,(H,15,17). The third-order valence-corrected chi connectivity index (χ3v) is 3.27. The Labute approximate surface area is 99.7 Å². The number of aryl methyl sites for hydroxylation is 1. The van der Waals surface area contributed by atoms with E-state index < -0.39 is 6.10 Å². The van der Waals surface area contributed by atoms with Crippen molar-refractivity contribution in [3.8, 4) is 0 Å². The average molecular weight is 237 g/mol. The molecule has 2 N–H and O–H groups in total. The zero-order valence-electron chi connectivity index (χ0n) is 9.74. The first kappa shape index (κ1) is 12.0. The van der Waals surface area contributed by atoms with Gasteiger partial charge in [0.15, 0.2) is 0 Å². The van der Waals surface area contributed by atoms with Gasteiger partial charge in [-0.15, -0.1) is 0 Å². The minimum Gasteiger partial charge on any atom is -0.392 e. The number of aliphatic hydroxyl groups excluding tert-OH is 1. The molecule has 1 aliphatic rings. The highest BCUT2D eigenvalue weighted by Crippen LogP contribution is 2.27. The van der Waals surface area contributed by atoms with E-state index in [1.165, 1.54) is 12.1 Å². The van der Waals surface area contributed by atoms with Crippen molar-refractivity contribution in [1.29, 1.82) is 0 Å². The Morgan fingerprint density at radius 1 is 1.47 bits per heavy atom. The van der Waals surface area contributed by atoms with Crippen LogP contribution < -0.4 is 5.32 Å². The molecule has 1 amide bonds. The van der Waals surface area contributed by atoms with Gasteiger partial charge in [-0.25, -0.2) is 4.39 Å². The van der Waals surface area contributed by atoms with E-state index in [9.17, 15) is 14.3 Å². The predicted octanol–water partition coefficient (Wildman–Crippen LogP) is 2.23. The molecule has 2 rings (SSSR count). The lowest BCUT2D eigenvalue weighted by Crippen LogP contribution is -2.28. The summed E-state index contributed by atoms with van der Waals surface area (Å²) in [4.78, 5) is 11.9. The smallest absolute Gasteiger partial charge is 0.230 e. The van der Waals surface area contributed by atoms with E-state index in [0.717, 1.165) is 12.0 Å². The van der Waals surface area contributed by atoms with Gasteiger partial charge in [-0.1, -0.05) is 6.07 Å². The van der Waals surface area contributed by atoms with Crippen LogP contribution >= 0.6 is 0 Å². The largest absolute Gasteiger partial charge is 0.392 e. The number of nitrogens with one attached hydrogen (secondary N) is 1. The summed E-state index contributed by atoms with van der Waals surface area (Å²) in [7, 11) is 0. The fourth-order valence-corrected chi connectivity index (χ4v) is 2.20. The molecule has 4 heteroatoms. The lowest BCUT2D eigenvalue weighted by molar-refractivity contribution is -0.122. The van der Waals surface area contributed by atoms with E-state index in [1.54, 1.807) is 13.0 Å². The maximum atomic E-state index is 13.1. The lowest BCUT2D eigenvalue weighted by atomic mass is 10.0. The number of halogens is 1. The molecular formula is C13H16FNO2. The third kappa shape index (κ3) is 2.64. The third-order valence-electron chi connectivity index (χ3n) is 3.27. The lowest BCUT2D eigenvalue weighted by Gasteiger charge is -2.15. The maximum Gasteiger partial charge on any atom is 0.230 e. The van der Waals surface area contributed by atoms with Crippen LogP contribution in [0.15, 0.2) is 18.2 Å². The van der Waals surface area contributed by atoms with Gasteiger partial charge in [0.25, 0.3) is 0 Å². The number of benzene rings is 1. The van der Waals surface area contributed by atoms with Crippen LogP contribution in [0.3, 0.4) is 0 Å². The molecule has 2 unspecified atom stereocenters. The quantitative estimate of drug-likeness (QED) is 0.828. The van der Waals surface area contributed by atoms with Gasteiger partial charge in [0, 0.05) is 5.69 Å². The van der Waals surface area contributed by atoms with Gasteiger partial charge in [-0.05, 0) is 43.9 Å². The second-order valence-corrected chi connectivity index (χ2v) is 4.55. The van der Waals surface area contributed by atoms with Crippen LogP contribution in [0.25, 0.3) is 0 Å². The summed E-state index contributed by atoms with van der Waals surface area (Å²) in [5.74, 6) is -0.959. The summed E-state index contributed by atoms with van der Waals surface area (Å²) in [6.07, 6.45) is 1.66. The van der Waals surface area contributed by atoms with Crippen LogP contribution in [0.5, 0.6) is 0 Å². The first-order valence-corrected chi connectivity index (χ1v) is 5.83. The van der Waals surface area contributed by atoms with E-state index >= 15 is 0 Å². The Morgan fingerprint density at radius 3 is 2.88 bits per heavy atom. The van der Waals surface area contributed by atoms with E-state index in [-0.39, 0.29) is 17.6 Å². The van der Waals surface area contributed by atoms with Gasteiger partial charge in [0.05, 0.1) is 12.0 Å². The Morgan fingerprint density at radius 2 is 2.24 bits per heavy atom. The first-order chi connectivity index (χ1) is 8.08. The Kier molecular flexibility index (Phi) is 3.43. The molecule has 1 saturated carbocycles. The highest BCUT2D eigenvalue weighted by molar-refractivity contribution is 5.93. The highest BCUT2D eigenvalue weighted by Gasteiger charge is 2.31. The predicted molar refractivity (Wildman–Crippen MR) is 63.1 cm³/mol. The molecule has 0 aliphatic heterocycles. The van der Waals surface area contributed by atoms with Crippen molar-refractivity contribution in [3.63, 3.8) is 0 Å². The van der Waals surface area contributed by atoms with Crippen LogP contribution in [-0.2, 0) is 4.79 Å². The van der Waals surface area contributed by atoms with Crippen molar-refractivity contribution in [1.82, 2.24) is 0 Å². The summed E-state index contributed by atoms with van der Waals surface area (Å²) in [5, 5.41) is 12.3. The molecule has 0 saturated heterocycles. The maximum absolute atomic E-state index is 13.1. The van der Waals surface area contributed by atoms with Crippen LogP contribution in [0.2, 0.25) is 0 Å². The summed E-state index contributed by atoms with van der Waals surface area (Å²) in [6, 6.07) is 4.28. The zero-order chi connectivity index (χ0) is 12.4. The molecule has 92 valence electrons.